The number of nitrogens with zero attached hydrogens (tertiary/aromatic N) is 1. The van der Waals surface area contributed by atoms with Gasteiger partial charge in [-0.1, -0.05) is 36.4 Å². The predicted molar refractivity (Wildman–Crippen MR) is 130 cm³/mol. The van der Waals surface area contributed by atoms with Gasteiger partial charge in [-0.05, 0) is 79.6 Å². The number of rotatable bonds is 7. The standard InChI is InChI=1S/C28H31NO3/c1-19-15-23(16-20(2)28(19)31-4)29-26-12-8-11-21-13-14-24(17-25(21)26)32-27(18-30-3)22-9-6-5-7-10-22/h5-7,9-10,13-17,27H,8,11-12,18H2,1-4H3/b29-26+. The number of methoxy groups -OCH3 is 2. The molecule has 0 N–H and O–H groups in total. The first-order valence-electron chi connectivity index (χ1n) is 11.2. The molecule has 0 heterocycles. The molecule has 0 radical (unpaired) electrons. The average Bonchev–Trinajstić information content (AvgIpc) is 2.79. The third-order valence-electron chi connectivity index (χ3n) is 5.93. The van der Waals surface area contributed by atoms with E-state index in [-0.39, 0.29) is 6.10 Å². The van der Waals surface area contributed by atoms with Crippen molar-refractivity contribution in [1.29, 1.82) is 0 Å². The molecule has 1 unspecified atom stereocenters. The molecule has 0 aromatic heterocycles. The van der Waals surface area contributed by atoms with Gasteiger partial charge in [0.15, 0.2) is 0 Å². The van der Waals surface area contributed by atoms with Gasteiger partial charge in [-0.3, -0.25) is 4.99 Å². The van der Waals surface area contributed by atoms with Crippen LogP contribution in [0.1, 0.15) is 46.8 Å². The Kier molecular flexibility index (Phi) is 6.91. The topological polar surface area (TPSA) is 40.0 Å². The van der Waals surface area contributed by atoms with E-state index in [1.807, 2.05) is 18.2 Å². The Labute approximate surface area is 190 Å². The second-order valence-corrected chi connectivity index (χ2v) is 8.32. The molecule has 1 aliphatic rings. The van der Waals surface area contributed by atoms with Crippen molar-refractivity contribution in [2.24, 2.45) is 4.99 Å². The van der Waals surface area contributed by atoms with E-state index in [2.05, 4.69) is 56.3 Å². The smallest absolute Gasteiger partial charge is 0.147 e. The van der Waals surface area contributed by atoms with Crippen LogP contribution in [0.3, 0.4) is 0 Å². The lowest BCUT2D eigenvalue weighted by Gasteiger charge is -2.22. The van der Waals surface area contributed by atoms with Gasteiger partial charge in [0.2, 0.25) is 0 Å². The van der Waals surface area contributed by atoms with Crippen LogP contribution in [0.4, 0.5) is 5.69 Å². The molecule has 32 heavy (non-hydrogen) atoms. The molecule has 4 heteroatoms. The van der Waals surface area contributed by atoms with Gasteiger partial charge >= 0.3 is 0 Å². The van der Waals surface area contributed by atoms with Crippen LogP contribution in [0.15, 0.2) is 65.7 Å². The lowest BCUT2D eigenvalue weighted by atomic mass is 9.89. The fourth-order valence-electron chi connectivity index (χ4n) is 4.46. The summed E-state index contributed by atoms with van der Waals surface area (Å²) in [6, 6.07) is 20.8. The molecule has 3 aromatic carbocycles. The number of aliphatic imine (C=N–C) groups is 1. The van der Waals surface area contributed by atoms with Crippen molar-refractivity contribution in [1.82, 2.24) is 0 Å². The fraction of sp³-hybridized carbons (Fsp3) is 0.321. The van der Waals surface area contributed by atoms with Crippen LogP contribution in [0.5, 0.6) is 11.5 Å². The largest absolute Gasteiger partial charge is 0.496 e. The second kappa shape index (κ2) is 10.0. The highest BCUT2D eigenvalue weighted by Crippen LogP contribution is 2.32. The molecule has 1 atom stereocenters. The molecular formula is C28H31NO3. The summed E-state index contributed by atoms with van der Waals surface area (Å²) >= 11 is 0. The number of ether oxygens (including phenoxy) is 3. The normalized spacial score (nSPS) is 15.3. The van der Waals surface area contributed by atoms with Crippen molar-refractivity contribution >= 4 is 11.4 Å². The van der Waals surface area contributed by atoms with Crippen molar-refractivity contribution in [2.45, 2.75) is 39.2 Å². The van der Waals surface area contributed by atoms with Crippen LogP contribution >= 0.6 is 0 Å². The Morgan fingerprint density at radius 2 is 1.66 bits per heavy atom. The molecule has 0 spiro atoms. The maximum atomic E-state index is 6.38. The van der Waals surface area contributed by atoms with Gasteiger partial charge < -0.3 is 14.2 Å². The summed E-state index contributed by atoms with van der Waals surface area (Å²) < 4.78 is 17.3. The predicted octanol–water partition coefficient (Wildman–Crippen LogP) is 6.54. The van der Waals surface area contributed by atoms with Crippen molar-refractivity contribution < 1.29 is 14.2 Å². The summed E-state index contributed by atoms with van der Waals surface area (Å²) in [5.74, 6) is 1.77. The molecule has 0 fully saturated rings. The molecule has 0 amide bonds. The van der Waals surface area contributed by atoms with Crippen molar-refractivity contribution in [3.05, 3.63) is 88.5 Å². The van der Waals surface area contributed by atoms with Gasteiger partial charge in [-0.25, -0.2) is 0 Å². The van der Waals surface area contributed by atoms with Crippen molar-refractivity contribution in [3.8, 4) is 11.5 Å². The third-order valence-corrected chi connectivity index (χ3v) is 5.93. The van der Waals surface area contributed by atoms with Gasteiger partial charge in [0, 0.05) is 18.4 Å². The highest BCUT2D eigenvalue weighted by Gasteiger charge is 2.19. The molecule has 0 bridgehead atoms. The molecule has 166 valence electrons. The van der Waals surface area contributed by atoms with Crippen LogP contribution in [0.25, 0.3) is 0 Å². The quantitative estimate of drug-likeness (QED) is 0.428. The summed E-state index contributed by atoms with van der Waals surface area (Å²) in [6.07, 6.45) is 2.97. The first kappa shape index (κ1) is 22.1. The van der Waals surface area contributed by atoms with Crippen LogP contribution in [0.2, 0.25) is 0 Å². The molecule has 0 aliphatic heterocycles. The highest BCUT2D eigenvalue weighted by molar-refractivity contribution is 6.04. The molecule has 0 saturated carbocycles. The van der Waals surface area contributed by atoms with Crippen molar-refractivity contribution in [2.75, 3.05) is 20.8 Å². The van der Waals surface area contributed by atoms with Crippen molar-refractivity contribution in [3.63, 3.8) is 0 Å². The van der Waals surface area contributed by atoms with Crippen LogP contribution in [-0.2, 0) is 11.2 Å². The van der Waals surface area contributed by atoms with Crippen LogP contribution in [0, 0.1) is 13.8 Å². The SMILES string of the molecule is COCC(Oc1ccc2c(c1)/C(=N/c1cc(C)c(OC)c(C)c1)CCC2)c1ccccc1. The summed E-state index contributed by atoms with van der Waals surface area (Å²) in [4.78, 5) is 5.05. The van der Waals surface area contributed by atoms with E-state index in [0.29, 0.717) is 6.61 Å². The first-order chi connectivity index (χ1) is 15.6. The zero-order valence-corrected chi connectivity index (χ0v) is 19.4. The molecule has 4 nitrogen and oxygen atoms in total. The van der Waals surface area contributed by atoms with Gasteiger partial charge in [0.25, 0.3) is 0 Å². The lowest BCUT2D eigenvalue weighted by Crippen LogP contribution is -2.15. The zero-order chi connectivity index (χ0) is 22.5. The summed E-state index contributed by atoms with van der Waals surface area (Å²) in [7, 11) is 3.42. The van der Waals surface area contributed by atoms with E-state index < -0.39 is 0 Å². The monoisotopic (exact) mass is 429 g/mol. The van der Waals surface area contributed by atoms with Gasteiger partial charge in [0.05, 0.1) is 19.4 Å². The van der Waals surface area contributed by atoms with E-state index in [0.717, 1.165) is 58.9 Å². The van der Waals surface area contributed by atoms with E-state index in [1.165, 1.54) is 11.1 Å². The minimum Gasteiger partial charge on any atom is -0.496 e. The summed E-state index contributed by atoms with van der Waals surface area (Å²) in [5, 5.41) is 0. The minimum atomic E-state index is -0.157. The Balaban J connectivity index is 1.66. The first-order valence-corrected chi connectivity index (χ1v) is 11.2. The molecule has 3 aromatic rings. The molecule has 1 aliphatic carbocycles. The number of fused-ring (bicyclic) bond motifs is 1. The van der Waals surface area contributed by atoms with Gasteiger partial charge in [-0.2, -0.15) is 0 Å². The Morgan fingerprint density at radius 3 is 2.34 bits per heavy atom. The summed E-state index contributed by atoms with van der Waals surface area (Å²) in [6.45, 7) is 4.62. The van der Waals surface area contributed by atoms with Crippen LogP contribution < -0.4 is 9.47 Å². The second-order valence-electron chi connectivity index (χ2n) is 8.32. The molecule has 0 saturated heterocycles. The van der Waals surface area contributed by atoms with E-state index in [4.69, 9.17) is 19.2 Å². The van der Waals surface area contributed by atoms with Gasteiger partial charge in [-0.15, -0.1) is 0 Å². The minimum absolute atomic E-state index is 0.157. The number of aryl methyl sites for hydroxylation is 3. The average molecular weight is 430 g/mol. The lowest BCUT2D eigenvalue weighted by molar-refractivity contribution is 0.0810. The number of hydrogen-bond acceptors (Lipinski definition) is 4. The highest BCUT2D eigenvalue weighted by atomic mass is 16.5. The van der Waals surface area contributed by atoms with E-state index >= 15 is 0 Å². The Morgan fingerprint density at radius 1 is 0.906 bits per heavy atom. The Bertz CT molecular complexity index is 1080. The maximum Gasteiger partial charge on any atom is 0.147 e. The number of hydrogen-bond donors (Lipinski definition) is 0. The van der Waals surface area contributed by atoms with Crippen LogP contribution in [-0.4, -0.2) is 26.5 Å². The third kappa shape index (κ3) is 4.86. The van der Waals surface area contributed by atoms with E-state index in [1.54, 1.807) is 14.2 Å². The molecular weight excluding hydrogens is 398 g/mol. The fourth-order valence-corrected chi connectivity index (χ4v) is 4.46. The van der Waals surface area contributed by atoms with E-state index in [9.17, 15) is 0 Å². The number of benzene rings is 3. The Hall–Kier alpha value is -3.11. The zero-order valence-electron chi connectivity index (χ0n) is 19.4. The van der Waals surface area contributed by atoms with Gasteiger partial charge in [0.1, 0.15) is 17.6 Å². The molecule has 4 rings (SSSR count). The summed E-state index contributed by atoms with van der Waals surface area (Å²) in [5.41, 5.74) is 7.90. The maximum absolute atomic E-state index is 6.38.